The minimum Gasteiger partial charge on any atom is -0.246 e. The molecule has 1 unspecified atom stereocenters. The molecule has 0 aliphatic carbocycles. The first-order chi connectivity index (χ1) is 8.19. The second-order valence-electron chi connectivity index (χ2n) is 8.70. The van der Waals surface area contributed by atoms with E-state index in [1.54, 1.807) is 0 Å². The number of hydrogen-bond donors (Lipinski definition) is 0. The number of amides is 1. The third-order valence-corrected chi connectivity index (χ3v) is 3.60. The lowest BCUT2D eigenvalue weighted by molar-refractivity contribution is -0.625. The van der Waals surface area contributed by atoms with Gasteiger partial charge in [-0.15, -0.1) is 0 Å². The van der Waals surface area contributed by atoms with Crippen molar-refractivity contribution in [3.63, 3.8) is 0 Å². The molecule has 1 amide bonds. The summed E-state index contributed by atoms with van der Waals surface area (Å²) in [5.74, 6) is 1.30. The van der Waals surface area contributed by atoms with E-state index < -0.39 is 0 Å². The van der Waals surface area contributed by atoms with Crippen molar-refractivity contribution in [1.82, 2.24) is 4.90 Å². The minimum absolute atomic E-state index is 0.0578. The zero-order chi connectivity index (χ0) is 15.4. The smallest absolute Gasteiger partial charge is 0.246 e. The Hall–Kier alpha value is -0.860. The van der Waals surface area contributed by atoms with Gasteiger partial charge >= 0.3 is 5.91 Å². The molecule has 19 heavy (non-hydrogen) atoms. The van der Waals surface area contributed by atoms with Crippen LogP contribution >= 0.6 is 0 Å². The predicted octanol–water partition coefficient (Wildman–Crippen LogP) is 3.27. The summed E-state index contributed by atoms with van der Waals surface area (Å²) in [6.07, 6.45) is 0. The van der Waals surface area contributed by atoms with E-state index >= 15 is 0 Å². The van der Waals surface area contributed by atoms with E-state index in [9.17, 15) is 4.79 Å². The molecule has 0 aromatic rings. The largest absolute Gasteiger partial charge is 0.355 e. The molecule has 3 heteroatoms. The van der Waals surface area contributed by atoms with Gasteiger partial charge in [0.15, 0.2) is 0 Å². The normalized spacial score (nSPS) is 22.5. The molecule has 1 heterocycles. The fraction of sp³-hybridized carbons (Fsp3) is 0.875. The third kappa shape index (κ3) is 2.85. The van der Waals surface area contributed by atoms with Crippen LogP contribution in [0.25, 0.3) is 0 Å². The van der Waals surface area contributed by atoms with Crippen molar-refractivity contribution >= 4 is 11.7 Å². The van der Waals surface area contributed by atoms with Crippen LogP contribution in [0.3, 0.4) is 0 Å². The number of amidine groups is 1. The highest BCUT2D eigenvalue weighted by Crippen LogP contribution is 2.35. The van der Waals surface area contributed by atoms with Crippen molar-refractivity contribution in [2.45, 2.75) is 86.4 Å². The molecule has 0 N–H and O–H groups in total. The first-order valence-electron chi connectivity index (χ1n) is 7.16. The van der Waals surface area contributed by atoms with E-state index in [0.717, 1.165) is 5.84 Å². The van der Waals surface area contributed by atoms with Crippen molar-refractivity contribution in [2.75, 3.05) is 0 Å². The monoisotopic (exact) mass is 267 g/mol. The molecule has 3 nitrogen and oxygen atoms in total. The van der Waals surface area contributed by atoms with E-state index in [1.807, 2.05) is 4.90 Å². The molecule has 0 saturated heterocycles. The first-order valence-corrected chi connectivity index (χ1v) is 7.16. The Morgan fingerprint density at radius 3 is 1.58 bits per heavy atom. The molecule has 1 aliphatic heterocycles. The van der Waals surface area contributed by atoms with Gasteiger partial charge in [0.25, 0.3) is 5.84 Å². The molecule has 0 fully saturated rings. The maximum atomic E-state index is 12.9. The van der Waals surface area contributed by atoms with Crippen LogP contribution in [0.5, 0.6) is 0 Å². The van der Waals surface area contributed by atoms with Gasteiger partial charge in [-0.2, -0.15) is 4.90 Å². The van der Waals surface area contributed by atoms with Crippen LogP contribution in [0.4, 0.5) is 0 Å². The number of rotatable bonds is 0. The van der Waals surface area contributed by atoms with Crippen LogP contribution in [-0.4, -0.2) is 38.3 Å². The molecule has 110 valence electrons. The van der Waals surface area contributed by atoms with Crippen LogP contribution < -0.4 is 0 Å². The topological polar surface area (TPSA) is 23.3 Å². The Morgan fingerprint density at radius 2 is 1.37 bits per heavy atom. The molecule has 0 spiro atoms. The summed E-state index contributed by atoms with van der Waals surface area (Å²) in [6, 6.07) is -0.0910. The lowest BCUT2D eigenvalue weighted by Gasteiger charge is -2.31. The van der Waals surface area contributed by atoms with Crippen LogP contribution in [0.1, 0.15) is 69.2 Å². The maximum absolute atomic E-state index is 12.9. The Bertz CT molecular complexity index is 414. The number of hydrogen-bond acceptors (Lipinski definition) is 1. The molecule has 0 radical (unpaired) electrons. The minimum atomic E-state index is -0.176. The van der Waals surface area contributed by atoms with E-state index in [0.29, 0.717) is 0 Å². The first kappa shape index (κ1) is 16.2. The summed E-state index contributed by atoms with van der Waals surface area (Å²) in [5.41, 5.74) is -0.312. The quantitative estimate of drug-likeness (QED) is 0.618. The van der Waals surface area contributed by atoms with E-state index in [4.69, 9.17) is 0 Å². The standard InChI is InChI=1S/C16H31N2O/c1-11-17(15(5,6)7)12(14(2,3)4)13(19)18(11)16(8,9)10/h12H,1-10H3/q+1. The van der Waals surface area contributed by atoms with E-state index in [1.165, 1.54) is 0 Å². The summed E-state index contributed by atoms with van der Waals surface area (Å²) in [4.78, 5) is 14.9. The molecule has 0 aromatic heterocycles. The Labute approximate surface area is 118 Å². The van der Waals surface area contributed by atoms with Crippen molar-refractivity contribution in [1.29, 1.82) is 0 Å². The predicted molar refractivity (Wildman–Crippen MR) is 80.5 cm³/mol. The molecule has 0 saturated carbocycles. The average molecular weight is 267 g/mol. The van der Waals surface area contributed by atoms with Gasteiger partial charge in [0, 0.05) is 12.3 Å². The molecular formula is C16H31N2O+. The molecular weight excluding hydrogens is 236 g/mol. The van der Waals surface area contributed by atoms with E-state index in [2.05, 4.69) is 73.8 Å². The second-order valence-corrected chi connectivity index (χ2v) is 8.70. The van der Waals surface area contributed by atoms with Crippen LogP contribution in [0, 0.1) is 5.41 Å². The highest BCUT2D eigenvalue weighted by molar-refractivity contribution is 6.01. The fourth-order valence-corrected chi connectivity index (χ4v) is 3.13. The average Bonchev–Trinajstić information content (AvgIpc) is 2.33. The van der Waals surface area contributed by atoms with Gasteiger partial charge in [0.2, 0.25) is 6.04 Å². The summed E-state index contributed by atoms with van der Waals surface area (Å²) >= 11 is 0. The SMILES string of the molecule is CC1=[N+](C(C)(C)C)C(C(C)(C)C)C(=O)N1C(C)(C)C. The Kier molecular flexibility index (Phi) is 3.68. The molecule has 0 aromatic carbocycles. The second kappa shape index (κ2) is 4.32. The zero-order valence-corrected chi connectivity index (χ0v) is 14.4. The molecule has 0 bridgehead atoms. The molecule has 1 rings (SSSR count). The van der Waals surface area contributed by atoms with Gasteiger partial charge in [-0.05, 0) is 41.5 Å². The number of carbonyl (C=O) groups excluding carboxylic acids is 1. The summed E-state index contributed by atoms with van der Waals surface area (Å²) < 4.78 is 2.29. The number of carbonyl (C=O) groups is 1. The van der Waals surface area contributed by atoms with Gasteiger partial charge in [0.1, 0.15) is 5.54 Å². The highest BCUT2D eigenvalue weighted by Gasteiger charge is 2.57. The summed E-state index contributed by atoms with van der Waals surface area (Å²) in [5, 5.41) is 0. The van der Waals surface area contributed by atoms with Gasteiger partial charge < -0.3 is 0 Å². The summed E-state index contributed by atoms with van der Waals surface area (Å²) in [6.45, 7) is 21.3. The van der Waals surface area contributed by atoms with E-state index in [-0.39, 0.29) is 28.4 Å². The van der Waals surface area contributed by atoms with Gasteiger partial charge in [-0.3, -0.25) is 0 Å². The number of nitrogens with zero attached hydrogens (tertiary/aromatic N) is 2. The fourth-order valence-electron chi connectivity index (χ4n) is 3.13. The van der Waals surface area contributed by atoms with Crippen molar-refractivity contribution in [3.8, 4) is 0 Å². The van der Waals surface area contributed by atoms with Crippen molar-refractivity contribution in [3.05, 3.63) is 0 Å². The van der Waals surface area contributed by atoms with Gasteiger partial charge in [-0.1, -0.05) is 20.8 Å². The lowest BCUT2D eigenvalue weighted by Crippen LogP contribution is -2.50. The van der Waals surface area contributed by atoms with Crippen LogP contribution in [0.2, 0.25) is 0 Å². The highest BCUT2D eigenvalue weighted by atomic mass is 16.2. The van der Waals surface area contributed by atoms with Gasteiger partial charge in [-0.25, -0.2) is 9.37 Å². The lowest BCUT2D eigenvalue weighted by atomic mass is 9.84. The zero-order valence-electron chi connectivity index (χ0n) is 14.4. The molecule has 1 atom stereocenters. The molecule has 1 aliphatic rings. The third-order valence-electron chi connectivity index (χ3n) is 3.60. The van der Waals surface area contributed by atoms with Crippen LogP contribution in [0.15, 0.2) is 0 Å². The van der Waals surface area contributed by atoms with Gasteiger partial charge in [0.05, 0.1) is 5.54 Å². The Balaban J connectivity index is 3.49. The summed E-state index contributed by atoms with van der Waals surface area (Å²) in [7, 11) is 0. The van der Waals surface area contributed by atoms with Crippen LogP contribution in [-0.2, 0) is 4.79 Å². The maximum Gasteiger partial charge on any atom is 0.355 e. The Morgan fingerprint density at radius 1 is 0.947 bits per heavy atom. The van der Waals surface area contributed by atoms with Crippen molar-refractivity contribution in [2.24, 2.45) is 5.41 Å². The van der Waals surface area contributed by atoms with Crippen molar-refractivity contribution < 1.29 is 9.37 Å².